The van der Waals surface area contributed by atoms with Gasteiger partial charge in [0.25, 0.3) is 5.56 Å². The van der Waals surface area contributed by atoms with E-state index < -0.39 is 11.2 Å². The Morgan fingerprint density at radius 3 is 2.44 bits per heavy atom. The van der Waals surface area contributed by atoms with E-state index in [1.807, 2.05) is 0 Å². The van der Waals surface area contributed by atoms with Crippen molar-refractivity contribution in [2.75, 3.05) is 27.4 Å². The number of Topliss-reactive ketones (excluding diaryl/α,β-unsaturated/α-hetero) is 1. The molecule has 4 rings (SSSR count). The molecule has 0 radical (unpaired) electrons. The van der Waals surface area contributed by atoms with Crippen LogP contribution in [0.3, 0.4) is 0 Å². The van der Waals surface area contributed by atoms with Crippen molar-refractivity contribution in [3.63, 3.8) is 0 Å². The number of nitrogens with zero attached hydrogens (tertiary/aromatic N) is 2. The fraction of sp³-hybridized carbons (Fsp3) is 0.385. The summed E-state index contributed by atoms with van der Waals surface area (Å²) in [5.74, 6) is 0.0305. The first-order chi connectivity index (χ1) is 17.4. The number of rotatable bonds is 10. The Hall–Kier alpha value is -3.92. The van der Waals surface area contributed by atoms with Crippen LogP contribution in [0.5, 0.6) is 11.5 Å². The quantitative estimate of drug-likeness (QED) is 0.426. The SMILES string of the molecule is COc1cc2c(=O)n(CCC(=O)NC[C@H]3CCCO3)c(=O)n(CC(=O)c3ccccc3)c2cc1OC. The molecule has 2 aromatic carbocycles. The maximum Gasteiger partial charge on any atom is 0.331 e. The number of hydrogen-bond acceptors (Lipinski definition) is 7. The lowest BCUT2D eigenvalue weighted by Crippen LogP contribution is -2.42. The number of benzene rings is 2. The van der Waals surface area contributed by atoms with Crippen LogP contribution in [-0.2, 0) is 22.6 Å². The van der Waals surface area contributed by atoms with Gasteiger partial charge in [-0.25, -0.2) is 4.79 Å². The average molecular weight is 496 g/mol. The van der Waals surface area contributed by atoms with E-state index >= 15 is 0 Å². The van der Waals surface area contributed by atoms with Crippen molar-refractivity contribution in [1.29, 1.82) is 0 Å². The molecule has 0 aliphatic carbocycles. The van der Waals surface area contributed by atoms with Crippen molar-refractivity contribution in [3.05, 3.63) is 68.9 Å². The van der Waals surface area contributed by atoms with E-state index in [0.717, 1.165) is 17.4 Å². The first kappa shape index (κ1) is 25.2. The predicted molar refractivity (Wildman–Crippen MR) is 133 cm³/mol. The molecule has 190 valence electrons. The lowest BCUT2D eigenvalue weighted by atomic mass is 10.1. The normalized spacial score (nSPS) is 15.1. The topological polar surface area (TPSA) is 118 Å². The second-order valence-electron chi connectivity index (χ2n) is 8.53. The predicted octanol–water partition coefficient (Wildman–Crippen LogP) is 1.75. The molecule has 1 aromatic heterocycles. The molecule has 36 heavy (non-hydrogen) atoms. The van der Waals surface area contributed by atoms with Crippen molar-refractivity contribution >= 4 is 22.6 Å². The van der Waals surface area contributed by atoms with Crippen LogP contribution in [0.25, 0.3) is 10.9 Å². The smallest absolute Gasteiger partial charge is 0.331 e. The third kappa shape index (κ3) is 5.33. The Labute approximate surface area is 207 Å². The summed E-state index contributed by atoms with van der Waals surface area (Å²) in [5, 5.41) is 2.97. The van der Waals surface area contributed by atoms with Gasteiger partial charge in [0.05, 0.1) is 37.8 Å². The van der Waals surface area contributed by atoms with Gasteiger partial charge in [0, 0.05) is 37.7 Å². The van der Waals surface area contributed by atoms with Crippen molar-refractivity contribution in [3.8, 4) is 11.5 Å². The molecule has 1 amide bonds. The molecule has 0 unspecified atom stereocenters. The van der Waals surface area contributed by atoms with E-state index in [1.54, 1.807) is 30.3 Å². The number of hydrogen-bond donors (Lipinski definition) is 1. The summed E-state index contributed by atoms with van der Waals surface area (Å²) < 4.78 is 18.4. The molecule has 3 aromatic rings. The molecular weight excluding hydrogens is 466 g/mol. The zero-order chi connectivity index (χ0) is 25.7. The van der Waals surface area contributed by atoms with Crippen LogP contribution in [0.2, 0.25) is 0 Å². The van der Waals surface area contributed by atoms with Crippen LogP contribution in [0.4, 0.5) is 0 Å². The van der Waals surface area contributed by atoms with E-state index in [2.05, 4.69) is 5.32 Å². The van der Waals surface area contributed by atoms with Gasteiger partial charge in [-0.05, 0) is 18.9 Å². The average Bonchev–Trinajstić information content (AvgIpc) is 3.43. The third-order valence-corrected chi connectivity index (χ3v) is 6.24. The number of nitrogens with one attached hydrogen (secondary N) is 1. The summed E-state index contributed by atoms with van der Waals surface area (Å²) in [6, 6.07) is 11.6. The maximum absolute atomic E-state index is 13.5. The summed E-state index contributed by atoms with van der Waals surface area (Å²) >= 11 is 0. The number of ether oxygens (including phenoxy) is 3. The first-order valence-corrected chi connectivity index (χ1v) is 11.8. The van der Waals surface area contributed by atoms with Gasteiger partial charge >= 0.3 is 5.69 Å². The second kappa shape index (κ2) is 11.2. The van der Waals surface area contributed by atoms with E-state index in [-0.39, 0.29) is 48.2 Å². The summed E-state index contributed by atoms with van der Waals surface area (Å²) in [4.78, 5) is 52.2. The largest absolute Gasteiger partial charge is 0.493 e. The highest BCUT2D eigenvalue weighted by Gasteiger charge is 2.20. The van der Waals surface area contributed by atoms with Gasteiger partial charge in [-0.2, -0.15) is 0 Å². The molecule has 1 atom stereocenters. The number of fused-ring (bicyclic) bond motifs is 1. The fourth-order valence-electron chi connectivity index (χ4n) is 4.29. The highest BCUT2D eigenvalue weighted by Crippen LogP contribution is 2.30. The zero-order valence-electron chi connectivity index (χ0n) is 20.3. The van der Waals surface area contributed by atoms with Gasteiger partial charge in [-0.15, -0.1) is 0 Å². The van der Waals surface area contributed by atoms with Crippen LogP contribution in [0.15, 0.2) is 52.1 Å². The summed E-state index contributed by atoms with van der Waals surface area (Å²) in [5.41, 5.74) is -0.586. The molecule has 0 spiro atoms. The molecule has 0 bridgehead atoms. The Morgan fingerprint density at radius 1 is 1.06 bits per heavy atom. The Bertz CT molecular complexity index is 1370. The third-order valence-electron chi connectivity index (χ3n) is 6.24. The molecule has 1 aliphatic rings. The summed E-state index contributed by atoms with van der Waals surface area (Å²) in [6.07, 6.45) is 1.76. The standard InChI is InChI=1S/C26H29N3O7/c1-34-22-13-19-20(14-23(22)35-2)29(16-21(30)17-7-4-3-5-8-17)26(33)28(25(19)32)11-10-24(31)27-15-18-9-6-12-36-18/h3-5,7-8,13-14,18H,6,9-12,15-16H2,1-2H3,(H,27,31)/t18-/m1/s1. The van der Waals surface area contributed by atoms with Gasteiger partial charge < -0.3 is 19.5 Å². The molecule has 1 N–H and O–H groups in total. The lowest BCUT2D eigenvalue weighted by Gasteiger charge is -2.16. The molecule has 1 aliphatic heterocycles. The Kier molecular flexibility index (Phi) is 7.84. The summed E-state index contributed by atoms with van der Waals surface area (Å²) in [7, 11) is 2.88. The van der Waals surface area contributed by atoms with E-state index in [9.17, 15) is 19.2 Å². The van der Waals surface area contributed by atoms with Gasteiger partial charge in [0.1, 0.15) is 0 Å². The second-order valence-corrected chi connectivity index (χ2v) is 8.53. The molecule has 0 saturated carbocycles. The maximum atomic E-state index is 13.5. The van der Waals surface area contributed by atoms with Gasteiger partial charge in [-0.3, -0.25) is 23.5 Å². The van der Waals surface area contributed by atoms with Crippen LogP contribution in [-0.4, -0.2) is 54.3 Å². The number of carbonyl (C=O) groups excluding carboxylic acids is 2. The monoisotopic (exact) mass is 495 g/mol. The number of ketones is 1. The molecule has 1 fully saturated rings. The first-order valence-electron chi connectivity index (χ1n) is 11.8. The van der Waals surface area contributed by atoms with E-state index in [1.165, 1.54) is 30.9 Å². The van der Waals surface area contributed by atoms with Crippen LogP contribution >= 0.6 is 0 Å². The molecule has 1 saturated heterocycles. The lowest BCUT2D eigenvalue weighted by molar-refractivity contribution is -0.121. The Balaban J connectivity index is 1.70. The van der Waals surface area contributed by atoms with E-state index in [0.29, 0.717) is 30.2 Å². The minimum atomic E-state index is -0.684. The van der Waals surface area contributed by atoms with Gasteiger partial charge in [0.15, 0.2) is 17.3 Å². The number of methoxy groups -OCH3 is 2. The van der Waals surface area contributed by atoms with Gasteiger partial charge in [-0.1, -0.05) is 30.3 Å². The van der Waals surface area contributed by atoms with Crippen molar-refractivity contribution in [1.82, 2.24) is 14.5 Å². The van der Waals surface area contributed by atoms with Crippen molar-refractivity contribution in [2.24, 2.45) is 0 Å². The van der Waals surface area contributed by atoms with Crippen molar-refractivity contribution in [2.45, 2.75) is 38.5 Å². The van der Waals surface area contributed by atoms with E-state index in [4.69, 9.17) is 14.2 Å². The van der Waals surface area contributed by atoms with Crippen LogP contribution in [0.1, 0.15) is 29.6 Å². The summed E-state index contributed by atoms with van der Waals surface area (Å²) in [6.45, 7) is 0.639. The minimum Gasteiger partial charge on any atom is -0.493 e. The van der Waals surface area contributed by atoms with Gasteiger partial charge in [0.2, 0.25) is 5.91 Å². The zero-order valence-corrected chi connectivity index (χ0v) is 20.3. The molecule has 2 heterocycles. The van der Waals surface area contributed by atoms with Crippen molar-refractivity contribution < 1.29 is 23.8 Å². The Morgan fingerprint density at radius 2 is 1.78 bits per heavy atom. The number of aromatic nitrogens is 2. The number of carbonyl (C=O) groups is 2. The molecule has 10 nitrogen and oxygen atoms in total. The molecule has 10 heteroatoms. The number of amides is 1. The fourth-order valence-corrected chi connectivity index (χ4v) is 4.29. The molecular formula is C26H29N3O7. The minimum absolute atomic E-state index is 0.0130. The highest BCUT2D eigenvalue weighted by molar-refractivity contribution is 5.96. The van der Waals surface area contributed by atoms with Crippen LogP contribution in [0, 0.1) is 0 Å². The van der Waals surface area contributed by atoms with Crippen LogP contribution < -0.4 is 26.0 Å². The highest BCUT2D eigenvalue weighted by atomic mass is 16.5.